The zero-order valence-corrected chi connectivity index (χ0v) is 17.6. The van der Waals surface area contributed by atoms with Gasteiger partial charge in [-0.25, -0.2) is 8.42 Å². The molecule has 3 N–H and O–H groups in total. The quantitative estimate of drug-likeness (QED) is 0.440. The van der Waals surface area contributed by atoms with Gasteiger partial charge in [0.25, 0.3) is 5.91 Å². The number of amides is 1. The Labute approximate surface area is 175 Å². The molecule has 9 nitrogen and oxygen atoms in total. The first-order valence-electron chi connectivity index (χ1n) is 9.29. The van der Waals surface area contributed by atoms with E-state index >= 15 is 0 Å². The lowest BCUT2D eigenvalue weighted by Crippen LogP contribution is -2.26. The smallest absolute Gasteiger partial charge is 0.289 e. The standard InChI is InChI=1S/C20H22N4O5S/c1-4-21-20(27)19-23-22-18(15-9-14(11(2)3)16(25)10-17(15)26)24(19)12-5-7-13(8-6-12)30(28)29/h5-11,25-26,30H,4H2,1-3H3,(H,21,27). The zero-order valence-electron chi connectivity index (χ0n) is 16.7. The maximum atomic E-state index is 12.5. The lowest BCUT2D eigenvalue weighted by atomic mass is 9.98. The highest BCUT2D eigenvalue weighted by Gasteiger charge is 2.24. The van der Waals surface area contributed by atoms with Gasteiger partial charge in [-0.05, 0) is 48.7 Å². The van der Waals surface area contributed by atoms with Crippen LogP contribution in [0.3, 0.4) is 0 Å². The molecule has 0 aliphatic heterocycles. The Morgan fingerprint density at radius 1 is 1.10 bits per heavy atom. The van der Waals surface area contributed by atoms with Gasteiger partial charge in [-0.1, -0.05) is 13.8 Å². The van der Waals surface area contributed by atoms with Crippen LogP contribution in [0.5, 0.6) is 11.5 Å². The molecule has 158 valence electrons. The van der Waals surface area contributed by atoms with Crippen LogP contribution >= 0.6 is 0 Å². The van der Waals surface area contributed by atoms with E-state index in [0.717, 1.165) is 0 Å². The van der Waals surface area contributed by atoms with E-state index in [1.54, 1.807) is 13.0 Å². The average molecular weight is 430 g/mol. The highest BCUT2D eigenvalue weighted by molar-refractivity contribution is 7.72. The normalized spacial score (nSPS) is 11.2. The van der Waals surface area contributed by atoms with Crippen LogP contribution in [0, 0.1) is 0 Å². The van der Waals surface area contributed by atoms with Gasteiger partial charge in [-0.15, -0.1) is 10.2 Å². The van der Waals surface area contributed by atoms with Gasteiger partial charge in [0.1, 0.15) is 11.5 Å². The van der Waals surface area contributed by atoms with E-state index in [4.69, 9.17) is 0 Å². The van der Waals surface area contributed by atoms with Crippen LogP contribution < -0.4 is 5.32 Å². The first kappa shape index (κ1) is 21.3. The van der Waals surface area contributed by atoms with Gasteiger partial charge < -0.3 is 15.5 Å². The molecule has 0 atom stereocenters. The number of thiol groups is 1. The molecule has 0 saturated heterocycles. The van der Waals surface area contributed by atoms with Gasteiger partial charge in [0.05, 0.1) is 10.5 Å². The topological polar surface area (TPSA) is 134 Å². The summed E-state index contributed by atoms with van der Waals surface area (Å²) >= 11 is 0. The number of benzene rings is 2. The van der Waals surface area contributed by atoms with Crippen molar-refractivity contribution < 1.29 is 23.4 Å². The van der Waals surface area contributed by atoms with Gasteiger partial charge >= 0.3 is 0 Å². The Kier molecular flexibility index (Phi) is 6.06. The number of hydrogen-bond donors (Lipinski definition) is 4. The molecule has 0 aliphatic carbocycles. The summed E-state index contributed by atoms with van der Waals surface area (Å²) in [6.45, 7) is 5.92. The molecule has 1 heterocycles. The van der Waals surface area contributed by atoms with Gasteiger partial charge in [0, 0.05) is 18.3 Å². The Balaban J connectivity index is 2.26. The summed E-state index contributed by atoms with van der Waals surface area (Å²) in [7, 11) is -2.75. The van der Waals surface area contributed by atoms with Crippen LogP contribution in [0.4, 0.5) is 0 Å². The Morgan fingerprint density at radius 2 is 1.77 bits per heavy atom. The third kappa shape index (κ3) is 3.99. The third-order valence-corrected chi connectivity index (χ3v) is 5.25. The van der Waals surface area contributed by atoms with E-state index in [1.165, 1.54) is 34.9 Å². The Hall–Kier alpha value is -3.40. The largest absolute Gasteiger partial charge is 0.508 e. The van der Waals surface area contributed by atoms with Crippen LogP contribution in [0.2, 0.25) is 0 Å². The van der Waals surface area contributed by atoms with Gasteiger partial charge in [-0.2, -0.15) is 0 Å². The highest BCUT2D eigenvalue weighted by Crippen LogP contribution is 2.38. The number of hydrogen-bond acceptors (Lipinski definition) is 7. The number of phenolic OH excluding ortho intramolecular Hbond substituents is 2. The monoisotopic (exact) mass is 430 g/mol. The molecule has 0 spiro atoms. The summed E-state index contributed by atoms with van der Waals surface area (Å²) < 4.78 is 23.9. The first-order chi connectivity index (χ1) is 14.2. The van der Waals surface area contributed by atoms with E-state index in [0.29, 0.717) is 17.8 Å². The molecule has 0 radical (unpaired) electrons. The number of carbonyl (C=O) groups excluding carboxylic acids is 1. The predicted molar refractivity (Wildman–Crippen MR) is 111 cm³/mol. The molecular weight excluding hydrogens is 408 g/mol. The molecular formula is C20H22N4O5S. The van der Waals surface area contributed by atoms with Crippen LogP contribution in [-0.2, 0) is 10.7 Å². The number of phenols is 2. The van der Waals surface area contributed by atoms with Crippen molar-refractivity contribution in [2.45, 2.75) is 31.6 Å². The second-order valence-corrected chi connectivity index (χ2v) is 7.93. The van der Waals surface area contributed by atoms with Crippen LogP contribution in [0.25, 0.3) is 17.1 Å². The lowest BCUT2D eigenvalue weighted by Gasteiger charge is -2.14. The van der Waals surface area contributed by atoms with Crippen LogP contribution in [-0.4, -0.2) is 45.8 Å². The van der Waals surface area contributed by atoms with Crippen molar-refractivity contribution in [2.75, 3.05) is 6.54 Å². The van der Waals surface area contributed by atoms with Crippen molar-refractivity contribution in [1.82, 2.24) is 20.1 Å². The average Bonchev–Trinajstić information content (AvgIpc) is 3.13. The summed E-state index contributed by atoms with van der Waals surface area (Å²) in [5.74, 6) is -0.634. The fourth-order valence-corrected chi connectivity index (χ4v) is 3.44. The molecule has 0 aliphatic rings. The molecule has 3 aromatic rings. The molecule has 0 bridgehead atoms. The number of aromatic nitrogens is 3. The maximum absolute atomic E-state index is 12.5. The number of nitrogens with one attached hydrogen (secondary N) is 1. The molecule has 1 amide bonds. The molecule has 0 fully saturated rings. The van der Waals surface area contributed by atoms with Crippen molar-refractivity contribution in [3.05, 3.63) is 47.8 Å². The zero-order chi connectivity index (χ0) is 22.0. The molecule has 0 saturated carbocycles. The number of carbonyl (C=O) groups is 1. The fourth-order valence-electron chi connectivity index (χ4n) is 3.05. The highest BCUT2D eigenvalue weighted by atomic mass is 32.2. The van der Waals surface area contributed by atoms with Gasteiger partial charge in [0.15, 0.2) is 16.5 Å². The van der Waals surface area contributed by atoms with Crippen molar-refractivity contribution in [3.63, 3.8) is 0 Å². The van der Waals surface area contributed by atoms with Crippen molar-refractivity contribution >= 4 is 16.6 Å². The van der Waals surface area contributed by atoms with Crippen molar-refractivity contribution in [1.29, 1.82) is 0 Å². The van der Waals surface area contributed by atoms with E-state index in [1.807, 2.05) is 13.8 Å². The number of rotatable bonds is 6. The summed E-state index contributed by atoms with van der Waals surface area (Å²) in [6.07, 6.45) is 0. The Bertz CT molecular complexity index is 1160. The van der Waals surface area contributed by atoms with Crippen LogP contribution in [0.1, 0.15) is 42.9 Å². The van der Waals surface area contributed by atoms with E-state index in [-0.39, 0.29) is 39.5 Å². The molecule has 30 heavy (non-hydrogen) atoms. The number of aromatic hydroxyl groups is 2. The third-order valence-electron chi connectivity index (χ3n) is 4.53. The second kappa shape index (κ2) is 8.54. The fraction of sp³-hybridized carbons (Fsp3) is 0.250. The molecule has 2 aromatic carbocycles. The molecule has 10 heteroatoms. The Morgan fingerprint density at radius 3 is 2.33 bits per heavy atom. The summed E-state index contributed by atoms with van der Waals surface area (Å²) in [5.41, 5.74) is 1.31. The second-order valence-electron chi connectivity index (χ2n) is 6.90. The SMILES string of the molecule is CCNC(=O)c1nnc(-c2cc(C(C)C)c(O)cc2O)n1-c1ccc([SH](=O)=O)cc1. The van der Waals surface area contributed by atoms with Gasteiger partial charge in [-0.3, -0.25) is 9.36 Å². The van der Waals surface area contributed by atoms with E-state index in [9.17, 15) is 23.4 Å². The summed E-state index contributed by atoms with van der Waals surface area (Å²) in [5, 5.41) is 31.4. The minimum absolute atomic E-state index is 0.0234. The summed E-state index contributed by atoms with van der Waals surface area (Å²) in [6, 6.07) is 8.68. The minimum atomic E-state index is -2.75. The van der Waals surface area contributed by atoms with Gasteiger partial charge in [0.2, 0.25) is 5.82 Å². The number of nitrogens with zero attached hydrogens (tertiary/aromatic N) is 3. The molecule has 3 rings (SSSR count). The first-order valence-corrected chi connectivity index (χ1v) is 10.5. The summed E-state index contributed by atoms with van der Waals surface area (Å²) in [4.78, 5) is 12.7. The molecule has 1 aromatic heterocycles. The van der Waals surface area contributed by atoms with Crippen molar-refractivity contribution in [3.8, 4) is 28.6 Å². The minimum Gasteiger partial charge on any atom is -0.508 e. The lowest BCUT2D eigenvalue weighted by molar-refractivity contribution is 0.0943. The van der Waals surface area contributed by atoms with E-state index in [2.05, 4.69) is 15.5 Å². The predicted octanol–water partition coefficient (Wildman–Crippen LogP) is 2.19. The van der Waals surface area contributed by atoms with Crippen molar-refractivity contribution in [2.24, 2.45) is 0 Å². The van der Waals surface area contributed by atoms with Crippen LogP contribution in [0.15, 0.2) is 41.3 Å². The van der Waals surface area contributed by atoms with E-state index < -0.39 is 16.6 Å². The molecule has 0 unspecified atom stereocenters. The maximum Gasteiger partial charge on any atom is 0.289 e.